The largest absolute Gasteiger partial charge is 0.325 e. The van der Waals surface area contributed by atoms with Crippen LogP contribution in [0.25, 0.3) is 10.2 Å². The first-order valence-electron chi connectivity index (χ1n) is 6.76. The summed E-state index contributed by atoms with van der Waals surface area (Å²) in [7, 11) is 0. The summed E-state index contributed by atoms with van der Waals surface area (Å²) in [4.78, 5) is 16.4. The smallest absolute Gasteiger partial charge is 0.234 e. The lowest BCUT2D eigenvalue weighted by Gasteiger charge is -2.06. The Hall–Kier alpha value is -1.99. The molecule has 1 amide bonds. The van der Waals surface area contributed by atoms with Gasteiger partial charge in [-0.05, 0) is 43.3 Å². The van der Waals surface area contributed by atoms with Gasteiger partial charge in [-0.3, -0.25) is 4.79 Å². The predicted molar refractivity (Wildman–Crippen MR) is 90.1 cm³/mol. The number of aromatic nitrogens is 1. The third kappa shape index (κ3) is 3.86. The molecular formula is C16H12F2N2OS2. The number of anilines is 1. The molecule has 1 aromatic heterocycles. The molecule has 23 heavy (non-hydrogen) atoms. The van der Waals surface area contributed by atoms with E-state index in [1.54, 1.807) is 17.4 Å². The van der Waals surface area contributed by atoms with Gasteiger partial charge in [-0.25, -0.2) is 13.8 Å². The van der Waals surface area contributed by atoms with Crippen molar-refractivity contribution in [1.29, 1.82) is 0 Å². The number of carbonyl (C=O) groups excluding carboxylic acids is 1. The fourth-order valence-corrected chi connectivity index (χ4v) is 3.67. The Morgan fingerprint density at radius 3 is 2.91 bits per heavy atom. The lowest BCUT2D eigenvalue weighted by Crippen LogP contribution is -2.14. The van der Waals surface area contributed by atoms with Gasteiger partial charge < -0.3 is 5.32 Å². The van der Waals surface area contributed by atoms with Gasteiger partial charge in [0, 0.05) is 10.6 Å². The Kier molecular flexibility index (Phi) is 4.58. The number of fused-ring (bicyclic) bond motifs is 1. The molecule has 3 rings (SSSR count). The van der Waals surface area contributed by atoms with Crippen molar-refractivity contribution in [3.8, 4) is 0 Å². The Morgan fingerprint density at radius 1 is 1.26 bits per heavy atom. The molecule has 118 valence electrons. The summed E-state index contributed by atoms with van der Waals surface area (Å²) >= 11 is 2.51. The van der Waals surface area contributed by atoms with E-state index in [2.05, 4.69) is 10.3 Å². The maximum atomic E-state index is 13.5. The van der Waals surface area contributed by atoms with Crippen LogP contribution in [0.4, 0.5) is 14.5 Å². The number of hydrogen-bond acceptors (Lipinski definition) is 4. The number of rotatable bonds is 4. The van der Waals surface area contributed by atoms with Crippen molar-refractivity contribution in [1.82, 2.24) is 4.98 Å². The summed E-state index contributed by atoms with van der Waals surface area (Å²) in [5.74, 6) is -1.34. The van der Waals surface area contributed by atoms with Crippen molar-refractivity contribution in [2.75, 3.05) is 11.1 Å². The topological polar surface area (TPSA) is 42.0 Å². The molecule has 0 saturated heterocycles. The molecule has 0 unspecified atom stereocenters. The molecule has 0 aliphatic carbocycles. The first-order chi connectivity index (χ1) is 11.0. The molecule has 0 fully saturated rings. The van der Waals surface area contributed by atoms with Crippen molar-refractivity contribution in [3.05, 3.63) is 53.0 Å². The Labute approximate surface area is 139 Å². The summed E-state index contributed by atoms with van der Waals surface area (Å²) in [6.45, 7) is 1.92. The average Bonchev–Trinajstić information content (AvgIpc) is 2.87. The van der Waals surface area contributed by atoms with Crippen molar-refractivity contribution >= 4 is 44.9 Å². The van der Waals surface area contributed by atoms with E-state index < -0.39 is 11.6 Å². The van der Waals surface area contributed by atoms with Gasteiger partial charge in [0.15, 0.2) is 0 Å². The third-order valence-electron chi connectivity index (χ3n) is 3.03. The first-order valence-corrected chi connectivity index (χ1v) is 8.56. The van der Waals surface area contributed by atoms with Gasteiger partial charge in [-0.1, -0.05) is 0 Å². The second-order valence-corrected chi connectivity index (χ2v) is 7.08. The van der Waals surface area contributed by atoms with Gasteiger partial charge in [0.1, 0.15) is 11.6 Å². The van der Waals surface area contributed by atoms with Crippen LogP contribution in [0.1, 0.15) is 5.01 Å². The molecular weight excluding hydrogens is 338 g/mol. The zero-order valence-corrected chi connectivity index (χ0v) is 13.7. The normalized spacial score (nSPS) is 10.9. The number of thioether (sulfide) groups is 1. The molecule has 0 bridgehead atoms. The second kappa shape index (κ2) is 6.64. The highest BCUT2D eigenvalue weighted by atomic mass is 32.2. The molecule has 0 radical (unpaired) electrons. The van der Waals surface area contributed by atoms with E-state index in [-0.39, 0.29) is 16.6 Å². The number of aryl methyl sites for hydroxylation is 1. The minimum absolute atomic E-state index is 0.000128. The standard InChI is InChI=1S/C16H12F2N2OS2/c1-9-19-13-5-3-11(7-15(13)23-9)20-16(21)8-22-14-6-10(17)2-4-12(14)18/h2-7H,8H2,1H3,(H,20,21). The maximum absolute atomic E-state index is 13.5. The summed E-state index contributed by atoms with van der Waals surface area (Å²) < 4.78 is 27.6. The molecule has 2 aromatic carbocycles. The second-order valence-electron chi connectivity index (χ2n) is 4.83. The third-order valence-corrected chi connectivity index (χ3v) is 5.00. The fourth-order valence-electron chi connectivity index (χ4n) is 2.05. The zero-order valence-electron chi connectivity index (χ0n) is 12.1. The highest BCUT2D eigenvalue weighted by Gasteiger charge is 2.09. The summed E-state index contributed by atoms with van der Waals surface area (Å²) in [6, 6.07) is 8.65. The molecule has 0 spiro atoms. The predicted octanol–water partition coefficient (Wildman–Crippen LogP) is 4.61. The van der Waals surface area contributed by atoms with E-state index in [9.17, 15) is 13.6 Å². The van der Waals surface area contributed by atoms with E-state index in [4.69, 9.17) is 0 Å². The molecule has 0 atom stereocenters. The summed E-state index contributed by atoms with van der Waals surface area (Å²) in [5, 5.41) is 3.71. The van der Waals surface area contributed by atoms with Gasteiger partial charge >= 0.3 is 0 Å². The minimum atomic E-state index is -0.536. The first kappa shape index (κ1) is 15.9. The van der Waals surface area contributed by atoms with Gasteiger partial charge in [-0.15, -0.1) is 23.1 Å². The number of nitrogens with one attached hydrogen (secondary N) is 1. The van der Waals surface area contributed by atoms with Crippen molar-refractivity contribution in [2.45, 2.75) is 11.8 Å². The lowest BCUT2D eigenvalue weighted by atomic mass is 10.3. The van der Waals surface area contributed by atoms with Crippen molar-refractivity contribution in [2.24, 2.45) is 0 Å². The maximum Gasteiger partial charge on any atom is 0.234 e. The van der Waals surface area contributed by atoms with Crippen LogP contribution < -0.4 is 5.32 Å². The fraction of sp³-hybridized carbons (Fsp3) is 0.125. The Balaban J connectivity index is 1.65. The molecule has 0 aliphatic rings. The number of nitrogens with zero attached hydrogens (tertiary/aromatic N) is 1. The number of carbonyl (C=O) groups is 1. The highest BCUT2D eigenvalue weighted by molar-refractivity contribution is 8.00. The number of hydrogen-bond donors (Lipinski definition) is 1. The van der Waals surface area contributed by atoms with Crippen molar-refractivity contribution in [3.63, 3.8) is 0 Å². The minimum Gasteiger partial charge on any atom is -0.325 e. The number of amides is 1. The molecule has 1 N–H and O–H groups in total. The SMILES string of the molecule is Cc1nc2ccc(NC(=O)CSc3cc(F)ccc3F)cc2s1. The highest BCUT2D eigenvalue weighted by Crippen LogP contribution is 2.26. The van der Waals surface area contributed by atoms with Crippen LogP contribution in [-0.2, 0) is 4.79 Å². The molecule has 0 aliphatic heterocycles. The zero-order chi connectivity index (χ0) is 16.4. The van der Waals surface area contributed by atoms with Crippen molar-refractivity contribution < 1.29 is 13.6 Å². The van der Waals surface area contributed by atoms with Crippen LogP contribution >= 0.6 is 23.1 Å². The van der Waals surface area contributed by atoms with Crippen LogP contribution in [0.15, 0.2) is 41.3 Å². The van der Waals surface area contributed by atoms with Crippen LogP contribution in [0.3, 0.4) is 0 Å². The van der Waals surface area contributed by atoms with Gasteiger partial charge in [0.05, 0.1) is 21.0 Å². The van der Waals surface area contributed by atoms with Gasteiger partial charge in [0.2, 0.25) is 5.91 Å². The molecule has 0 saturated carbocycles. The molecule has 3 nitrogen and oxygen atoms in total. The van der Waals surface area contributed by atoms with E-state index in [1.807, 2.05) is 19.1 Å². The quantitative estimate of drug-likeness (QED) is 0.699. The molecule has 3 aromatic rings. The van der Waals surface area contributed by atoms with Crippen LogP contribution in [0.5, 0.6) is 0 Å². The summed E-state index contributed by atoms with van der Waals surface area (Å²) in [6.07, 6.45) is 0. The number of halogens is 2. The van der Waals surface area contributed by atoms with Gasteiger partial charge in [0.25, 0.3) is 0 Å². The van der Waals surface area contributed by atoms with E-state index in [0.717, 1.165) is 45.2 Å². The van der Waals surface area contributed by atoms with Gasteiger partial charge in [-0.2, -0.15) is 0 Å². The van der Waals surface area contributed by atoms with Crippen LogP contribution in [-0.4, -0.2) is 16.6 Å². The number of benzene rings is 2. The number of thiazole rings is 1. The summed E-state index contributed by atoms with van der Waals surface area (Å²) in [5.41, 5.74) is 1.55. The van der Waals surface area contributed by atoms with E-state index >= 15 is 0 Å². The van der Waals surface area contributed by atoms with Crippen LogP contribution in [0, 0.1) is 18.6 Å². The van der Waals surface area contributed by atoms with E-state index in [1.165, 1.54) is 0 Å². The molecule has 7 heteroatoms. The Bertz CT molecular complexity index is 880. The van der Waals surface area contributed by atoms with Crippen LogP contribution in [0.2, 0.25) is 0 Å². The Morgan fingerprint density at radius 2 is 2.09 bits per heavy atom. The van der Waals surface area contributed by atoms with E-state index in [0.29, 0.717) is 5.69 Å². The molecule has 1 heterocycles. The average molecular weight is 350 g/mol. The lowest BCUT2D eigenvalue weighted by molar-refractivity contribution is -0.113. The monoisotopic (exact) mass is 350 g/mol.